The number of hydrogen-bond donors (Lipinski definition) is 0. The van der Waals surface area contributed by atoms with Crippen LogP contribution in [0.2, 0.25) is 0 Å². The number of ketones is 1. The number of hydrogen-bond acceptors (Lipinski definition) is 2. The molecular formula is C13H17NO. The summed E-state index contributed by atoms with van der Waals surface area (Å²) in [5.41, 5.74) is 3.75. The molecule has 0 radical (unpaired) electrons. The Kier molecular flexibility index (Phi) is 3.14. The molecule has 1 aromatic heterocycles. The monoisotopic (exact) mass is 203 g/mol. The molecule has 2 nitrogen and oxygen atoms in total. The Morgan fingerprint density at radius 2 is 2.13 bits per heavy atom. The maximum absolute atomic E-state index is 10.9. The number of aromatic nitrogens is 1. The van der Waals surface area contributed by atoms with Gasteiger partial charge in [0, 0.05) is 17.8 Å². The molecule has 0 aliphatic heterocycles. The molecule has 0 fully saturated rings. The highest BCUT2D eigenvalue weighted by Gasteiger charge is 2.10. The van der Waals surface area contributed by atoms with Gasteiger partial charge in [-0.25, -0.2) is 0 Å². The molecular weight excluding hydrogens is 186 g/mol. The second-order valence-corrected chi connectivity index (χ2v) is 4.32. The summed E-state index contributed by atoms with van der Waals surface area (Å²) in [7, 11) is 0. The Labute approximate surface area is 90.7 Å². The van der Waals surface area contributed by atoms with Crippen molar-refractivity contribution in [1.29, 1.82) is 0 Å². The van der Waals surface area contributed by atoms with Crippen LogP contribution < -0.4 is 0 Å². The van der Waals surface area contributed by atoms with Crippen molar-refractivity contribution in [2.24, 2.45) is 0 Å². The largest absolute Gasteiger partial charge is 0.300 e. The minimum absolute atomic E-state index is 0.245. The lowest BCUT2D eigenvalue weighted by atomic mass is 9.95. The molecule has 2 rings (SSSR count). The Morgan fingerprint density at radius 3 is 2.93 bits per heavy atom. The molecule has 1 aliphatic carbocycles. The molecule has 0 atom stereocenters. The van der Waals surface area contributed by atoms with Crippen molar-refractivity contribution in [3.05, 3.63) is 29.1 Å². The number of carbonyl (C=O) groups is 1. The van der Waals surface area contributed by atoms with Gasteiger partial charge in [0.15, 0.2) is 0 Å². The first-order valence-corrected chi connectivity index (χ1v) is 5.73. The Bertz CT molecular complexity index is 371. The number of carbonyl (C=O) groups excluding carboxylic acids is 1. The molecule has 0 bridgehead atoms. The van der Waals surface area contributed by atoms with Gasteiger partial charge in [0.2, 0.25) is 0 Å². The number of nitrogens with zero attached hydrogens (tertiary/aromatic N) is 1. The van der Waals surface area contributed by atoms with E-state index in [4.69, 9.17) is 0 Å². The maximum Gasteiger partial charge on any atom is 0.130 e. The number of aryl methyl sites for hydroxylation is 3. The van der Waals surface area contributed by atoms with E-state index in [1.165, 1.54) is 30.5 Å². The van der Waals surface area contributed by atoms with Crippen molar-refractivity contribution in [2.75, 3.05) is 0 Å². The molecule has 15 heavy (non-hydrogen) atoms. The van der Waals surface area contributed by atoms with Gasteiger partial charge in [-0.1, -0.05) is 6.07 Å². The number of rotatable bonds is 3. The fourth-order valence-corrected chi connectivity index (χ4v) is 2.07. The molecule has 1 aliphatic rings. The van der Waals surface area contributed by atoms with Crippen LogP contribution in [-0.4, -0.2) is 10.8 Å². The third kappa shape index (κ3) is 2.65. The summed E-state index contributed by atoms with van der Waals surface area (Å²) in [5, 5.41) is 0. The normalized spacial score (nSPS) is 14.7. The molecule has 0 saturated heterocycles. The van der Waals surface area contributed by atoms with Gasteiger partial charge in [-0.15, -0.1) is 0 Å². The highest BCUT2D eigenvalue weighted by atomic mass is 16.1. The summed E-state index contributed by atoms with van der Waals surface area (Å²) in [6.07, 6.45) is 6.25. The van der Waals surface area contributed by atoms with E-state index in [-0.39, 0.29) is 5.78 Å². The average molecular weight is 203 g/mol. The number of Topliss-reactive ketones (excluding diaryl/α,β-unsaturated/α-hetero) is 1. The Balaban J connectivity index is 2.10. The smallest absolute Gasteiger partial charge is 0.130 e. The fourth-order valence-electron chi connectivity index (χ4n) is 2.07. The van der Waals surface area contributed by atoms with E-state index in [1.807, 2.05) is 0 Å². The van der Waals surface area contributed by atoms with Gasteiger partial charge in [0.05, 0.1) is 0 Å². The minimum atomic E-state index is 0.245. The second-order valence-electron chi connectivity index (χ2n) is 4.32. The SMILES string of the molecule is CC(=O)CCc1ccc2c(n1)CCCC2. The lowest BCUT2D eigenvalue weighted by Crippen LogP contribution is -2.07. The third-order valence-corrected chi connectivity index (χ3v) is 2.97. The second kappa shape index (κ2) is 4.56. The molecule has 0 aromatic carbocycles. The van der Waals surface area contributed by atoms with E-state index in [0.717, 1.165) is 18.5 Å². The van der Waals surface area contributed by atoms with Crippen LogP contribution in [0.5, 0.6) is 0 Å². The fraction of sp³-hybridized carbons (Fsp3) is 0.538. The van der Waals surface area contributed by atoms with Crippen LogP contribution in [0.3, 0.4) is 0 Å². The Morgan fingerprint density at radius 1 is 1.33 bits per heavy atom. The van der Waals surface area contributed by atoms with Gasteiger partial charge in [0.25, 0.3) is 0 Å². The topological polar surface area (TPSA) is 30.0 Å². The third-order valence-electron chi connectivity index (χ3n) is 2.97. The summed E-state index contributed by atoms with van der Waals surface area (Å²) in [6, 6.07) is 4.27. The molecule has 0 saturated carbocycles. The van der Waals surface area contributed by atoms with Crippen LogP contribution in [0, 0.1) is 0 Å². The molecule has 2 heteroatoms. The first kappa shape index (κ1) is 10.3. The van der Waals surface area contributed by atoms with Crippen molar-refractivity contribution in [3.63, 3.8) is 0 Å². The minimum Gasteiger partial charge on any atom is -0.300 e. The molecule has 0 spiro atoms. The van der Waals surface area contributed by atoms with Crippen molar-refractivity contribution < 1.29 is 4.79 Å². The summed E-state index contributed by atoms with van der Waals surface area (Å²) < 4.78 is 0. The maximum atomic E-state index is 10.9. The van der Waals surface area contributed by atoms with Crippen molar-refractivity contribution in [1.82, 2.24) is 4.98 Å². The molecule has 80 valence electrons. The predicted molar refractivity (Wildman–Crippen MR) is 59.9 cm³/mol. The lowest BCUT2D eigenvalue weighted by molar-refractivity contribution is -0.116. The van der Waals surface area contributed by atoms with E-state index in [1.54, 1.807) is 6.92 Å². The summed E-state index contributed by atoms with van der Waals surface area (Å²) in [5.74, 6) is 0.245. The lowest BCUT2D eigenvalue weighted by Gasteiger charge is -2.15. The zero-order valence-corrected chi connectivity index (χ0v) is 9.25. The van der Waals surface area contributed by atoms with Crippen molar-refractivity contribution in [2.45, 2.75) is 45.4 Å². The molecule has 1 aromatic rings. The molecule has 1 heterocycles. The number of pyridine rings is 1. The van der Waals surface area contributed by atoms with Gasteiger partial charge in [-0.3, -0.25) is 4.98 Å². The van der Waals surface area contributed by atoms with Gasteiger partial charge in [-0.2, -0.15) is 0 Å². The number of fused-ring (bicyclic) bond motifs is 1. The highest BCUT2D eigenvalue weighted by Crippen LogP contribution is 2.19. The van der Waals surface area contributed by atoms with Gasteiger partial charge in [0.1, 0.15) is 5.78 Å². The van der Waals surface area contributed by atoms with E-state index in [2.05, 4.69) is 17.1 Å². The van der Waals surface area contributed by atoms with E-state index >= 15 is 0 Å². The summed E-state index contributed by atoms with van der Waals surface area (Å²) >= 11 is 0. The van der Waals surface area contributed by atoms with Crippen LogP contribution >= 0.6 is 0 Å². The summed E-state index contributed by atoms with van der Waals surface area (Å²) in [4.78, 5) is 15.5. The van der Waals surface area contributed by atoms with Crippen LogP contribution in [0.1, 0.15) is 43.1 Å². The highest BCUT2D eigenvalue weighted by molar-refractivity contribution is 5.75. The standard InChI is InChI=1S/C13H17NO/c1-10(15)6-8-12-9-7-11-4-2-3-5-13(11)14-12/h7,9H,2-6,8H2,1H3. The van der Waals surface area contributed by atoms with E-state index in [9.17, 15) is 4.79 Å². The van der Waals surface area contributed by atoms with Gasteiger partial charge >= 0.3 is 0 Å². The Hall–Kier alpha value is -1.18. The van der Waals surface area contributed by atoms with Gasteiger partial charge < -0.3 is 4.79 Å². The molecule has 0 N–H and O–H groups in total. The first-order valence-electron chi connectivity index (χ1n) is 5.73. The summed E-state index contributed by atoms with van der Waals surface area (Å²) in [6.45, 7) is 1.64. The average Bonchev–Trinajstić information content (AvgIpc) is 2.26. The first-order chi connectivity index (χ1) is 7.25. The van der Waals surface area contributed by atoms with Crippen molar-refractivity contribution in [3.8, 4) is 0 Å². The van der Waals surface area contributed by atoms with Crippen molar-refractivity contribution >= 4 is 5.78 Å². The van der Waals surface area contributed by atoms with Crippen LogP contribution in [-0.2, 0) is 24.1 Å². The quantitative estimate of drug-likeness (QED) is 0.755. The predicted octanol–water partition coefficient (Wildman–Crippen LogP) is 2.48. The van der Waals surface area contributed by atoms with Gasteiger partial charge in [-0.05, 0) is 50.7 Å². The van der Waals surface area contributed by atoms with Crippen LogP contribution in [0.4, 0.5) is 0 Å². The van der Waals surface area contributed by atoms with E-state index < -0.39 is 0 Å². The molecule has 0 unspecified atom stereocenters. The van der Waals surface area contributed by atoms with Crippen LogP contribution in [0.15, 0.2) is 12.1 Å². The molecule has 0 amide bonds. The zero-order chi connectivity index (χ0) is 10.7. The van der Waals surface area contributed by atoms with Crippen LogP contribution in [0.25, 0.3) is 0 Å². The zero-order valence-electron chi connectivity index (χ0n) is 9.25. The van der Waals surface area contributed by atoms with E-state index in [0.29, 0.717) is 6.42 Å².